The average Bonchev–Trinajstić information content (AvgIpc) is 4.02. The van der Waals surface area contributed by atoms with Gasteiger partial charge in [-0.3, -0.25) is 9.89 Å². The minimum atomic E-state index is -5.03. The Hall–Kier alpha value is -4.76. The smallest absolute Gasteiger partial charge is 0.369 e. The van der Waals surface area contributed by atoms with Crippen molar-refractivity contribution in [1.82, 2.24) is 30.0 Å². The van der Waals surface area contributed by atoms with Gasteiger partial charge in [-0.25, -0.2) is 15.0 Å². The second kappa shape index (κ2) is 14.2. The zero-order valence-electron chi connectivity index (χ0n) is 30.5. The molecule has 16 heteroatoms. The monoisotopic (exact) mass is 743 g/mol. The third-order valence-corrected chi connectivity index (χ3v) is 9.31. The van der Waals surface area contributed by atoms with Gasteiger partial charge in [-0.1, -0.05) is 20.8 Å². The van der Waals surface area contributed by atoms with E-state index in [0.29, 0.717) is 23.3 Å². The van der Waals surface area contributed by atoms with E-state index in [9.17, 15) is 31.1 Å². The molecular formula is C37H43F6N9O. The summed E-state index contributed by atoms with van der Waals surface area (Å²) >= 11 is 0. The highest BCUT2D eigenvalue weighted by molar-refractivity contribution is 5.98. The van der Waals surface area contributed by atoms with E-state index in [1.54, 1.807) is 19.0 Å². The maximum atomic E-state index is 14.0. The van der Waals surface area contributed by atoms with Crippen LogP contribution in [-0.2, 0) is 30.9 Å². The lowest BCUT2D eigenvalue weighted by Crippen LogP contribution is -2.34. The molecule has 2 fully saturated rings. The summed E-state index contributed by atoms with van der Waals surface area (Å²) in [5, 5.41) is 8.39. The number of anilines is 2. The fraction of sp³-hybridized carbons (Fsp3) is 0.514. The van der Waals surface area contributed by atoms with Gasteiger partial charge in [-0.2, -0.15) is 36.4 Å². The van der Waals surface area contributed by atoms with Crippen molar-refractivity contribution in [2.24, 2.45) is 16.8 Å². The molecule has 0 spiro atoms. The van der Waals surface area contributed by atoms with Crippen LogP contribution in [-0.4, -0.2) is 69.5 Å². The van der Waals surface area contributed by atoms with Crippen LogP contribution in [0.15, 0.2) is 35.6 Å². The molecule has 0 bridgehead atoms. The fourth-order valence-electron chi connectivity index (χ4n) is 6.49. The number of nitrogens with one attached hydrogen (secondary N) is 1. The van der Waals surface area contributed by atoms with Gasteiger partial charge < -0.3 is 14.7 Å². The number of hydrogen-bond donors (Lipinski definition) is 1. The number of amides is 1. The molecular weight excluding hydrogens is 700 g/mol. The first-order valence-electron chi connectivity index (χ1n) is 17.5. The van der Waals surface area contributed by atoms with Crippen molar-refractivity contribution in [3.8, 4) is 0 Å². The second-order valence-electron chi connectivity index (χ2n) is 15.4. The summed E-state index contributed by atoms with van der Waals surface area (Å²) in [4.78, 5) is 35.9. The summed E-state index contributed by atoms with van der Waals surface area (Å²) < 4.78 is 84.0. The summed E-state index contributed by atoms with van der Waals surface area (Å²) in [6.45, 7) is 9.11. The van der Waals surface area contributed by atoms with Crippen LogP contribution in [0.3, 0.4) is 0 Å². The number of hydrogen-bond acceptors (Lipinski definition) is 7. The number of aliphatic imine (C=N–C) groups is 1. The number of carbonyl (C=O) groups excluding carboxylic acids is 1. The van der Waals surface area contributed by atoms with Gasteiger partial charge in [0, 0.05) is 62.8 Å². The molecule has 0 radical (unpaired) electrons. The molecule has 3 heterocycles. The van der Waals surface area contributed by atoms with E-state index in [1.165, 1.54) is 23.6 Å². The van der Waals surface area contributed by atoms with E-state index in [1.807, 2.05) is 27.7 Å². The normalized spacial score (nSPS) is 15.4. The standard InChI is InChI=1S/C37H43F6N9O/c1-21-29-30(35(2,3)4)28(32(47-31(29)49-48-21)51(16-22-7-8-22)17-23-9-10-23)19-52(34-44-14-25(15-45-34)33(53)46-20-50(5)6)18-24-11-26(36(38,39)40)13-27(12-24)37(41,42)43/h11-15,20,22-23H,7-10,16-19H2,1-6H3,(H,47,48,49). The zero-order valence-corrected chi connectivity index (χ0v) is 30.5. The summed E-state index contributed by atoms with van der Waals surface area (Å²) in [5.74, 6) is 1.02. The van der Waals surface area contributed by atoms with E-state index in [2.05, 4.69) is 30.1 Å². The van der Waals surface area contributed by atoms with Gasteiger partial charge >= 0.3 is 12.4 Å². The van der Waals surface area contributed by atoms with E-state index >= 15 is 0 Å². The van der Waals surface area contributed by atoms with Gasteiger partial charge in [0.1, 0.15) is 5.82 Å². The number of alkyl halides is 6. The van der Waals surface area contributed by atoms with E-state index < -0.39 is 41.3 Å². The topological polar surface area (TPSA) is 106 Å². The highest BCUT2D eigenvalue weighted by Crippen LogP contribution is 2.43. The largest absolute Gasteiger partial charge is 0.416 e. The molecule has 0 unspecified atom stereocenters. The predicted molar refractivity (Wildman–Crippen MR) is 190 cm³/mol. The first-order valence-corrected chi connectivity index (χ1v) is 17.5. The molecule has 1 amide bonds. The van der Waals surface area contributed by atoms with Crippen LogP contribution >= 0.6 is 0 Å². The number of H-pyrrole nitrogens is 1. The number of rotatable bonds is 12. The number of aromatic nitrogens is 5. The molecule has 2 saturated carbocycles. The molecule has 284 valence electrons. The second-order valence-corrected chi connectivity index (χ2v) is 15.4. The minimum Gasteiger partial charge on any atom is -0.369 e. The maximum Gasteiger partial charge on any atom is 0.416 e. The lowest BCUT2D eigenvalue weighted by Gasteiger charge is -2.34. The number of nitrogens with zero attached hydrogens (tertiary/aromatic N) is 8. The van der Waals surface area contributed by atoms with Gasteiger partial charge in [-0.05, 0) is 79.2 Å². The van der Waals surface area contributed by atoms with Crippen molar-refractivity contribution in [2.45, 2.75) is 84.2 Å². The zero-order chi connectivity index (χ0) is 38.5. The Bertz CT molecular complexity index is 1940. The summed E-state index contributed by atoms with van der Waals surface area (Å²) in [6.07, 6.45) is -1.88. The lowest BCUT2D eigenvalue weighted by atomic mass is 9.81. The van der Waals surface area contributed by atoms with E-state index in [0.717, 1.165) is 73.1 Å². The first-order chi connectivity index (χ1) is 24.8. The van der Waals surface area contributed by atoms with Gasteiger partial charge in [0.25, 0.3) is 5.91 Å². The number of halogens is 6. The molecule has 4 aromatic rings. The lowest BCUT2D eigenvalue weighted by molar-refractivity contribution is -0.143. The molecule has 53 heavy (non-hydrogen) atoms. The van der Waals surface area contributed by atoms with Gasteiger partial charge in [0.05, 0.1) is 29.6 Å². The molecule has 2 aliphatic rings. The van der Waals surface area contributed by atoms with Crippen molar-refractivity contribution in [3.05, 3.63) is 69.7 Å². The first kappa shape index (κ1) is 38.0. The molecule has 1 aromatic carbocycles. The van der Waals surface area contributed by atoms with Crippen LogP contribution in [0.4, 0.5) is 38.1 Å². The Balaban J connectivity index is 1.53. The van der Waals surface area contributed by atoms with Gasteiger partial charge in [0.2, 0.25) is 5.95 Å². The fourth-order valence-corrected chi connectivity index (χ4v) is 6.49. The Labute approximate surface area is 303 Å². The molecule has 2 aliphatic carbocycles. The molecule has 0 aliphatic heterocycles. The number of pyridine rings is 1. The number of aromatic amines is 1. The van der Waals surface area contributed by atoms with Crippen molar-refractivity contribution >= 4 is 35.0 Å². The molecule has 6 rings (SSSR count). The molecule has 3 aromatic heterocycles. The van der Waals surface area contributed by atoms with Crippen molar-refractivity contribution < 1.29 is 31.1 Å². The number of fused-ring (bicyclic) bond motifs is 1. The van der Waals surface area contributed by atoms with Crippen LogP contribution in [0.2, 0.25) is 0 Å². The molecule has 0 saturated heterocycles. The quantitative estimate of drug-likeness (QED) is 0.0886. The summed E-state index contributed by atoms with van der Waals surface area (Å²) in [5.41, 5.74) is -0.583. The highest BCUT2D eigenvalue weighted by atomic mass is 19.4. The van der Waals surface area contributed by atoms with Crippen LogP contribution in [0.5, 0.6) is 0 Å². The Morgan fingerprint density at radius 3 is 1.94 bits per heavy atom. The molecule has 0 atom stereocenters. The predicted octanol–water partition coefficient (Wildman–Crippen LogP) is 7.95. The summed E-state index contributed by atoms with van der Waals surface area (Å²) in [7, 11) is 3.39. The van der Waals surface area contributed by atoms with E-state index in [4.69, 9.17) is 4.98 Å². The van der Waals surface area contributed by atoms with Crippen molar-refractivity contribution in [3.63, 3.8) is 0 Å². The number of benzene rings is 1. The maximum absolute atomic E-state index is 14.0. The number of aryl methyl sites for hydroxylation is 1. The van der Waals surface area contributed by atoms with Crippen LogP contribution in [0, 0.1) is 18.8 Å². The average molecular weight is 744 g/mol. The SMILES string of the molecule is Cc1[nH]nc2nc(N(CC3CC3)CC3CC3)c(CN(Cc3cc(C(F)(F)F)cc(C(F)(F)F)c3)c3ncc(C(=O)N=CN(C)C)cn3)c(C(C)(C)C)c12. The number of carbonyl (C=O) groups is 1. The Morgan fingerprint density at radius 2 is 1.45 bits per heavy atom. The van der Waals surface area contributed by atoms with Gasteiger partial charge in [0.15, 0.2) is 5.65 Å². The Morgan fingerprint density at radius 1 is 0.887 bits per heavy atom. The summed E-state index contributed by atoms with van der Waals surface area (Å²) in [6, 6.07) is 1.55. The van der Waals surface area contributed by atoms with Crippen LogP contribution < -0.4 is 9.80 Å². The van der Waals surface area contributed by atoms with Gasteiger partial charge in [-0.15, -0.1) is 0 Å². The van der Waals surface area contributed by atoms with Crippen molar-refractivity contribution in [1.29, 1.82) is 0 Å². The third kappa shape index (κ3) is 9.07. The van der Waals surface area contributed by atoms with E-state index in [-0.39, 0.29) is 29.7 Å². The van der Waals surface area contributed by atoms with Crippen LogP contribution in [0.25, 0.3) is 11.0 Å². The Kier molecular flexibility index (Phi) is 10.2. The minimum absolute atomic E-state index is 0.00475. The van der Waals surface area contributed by atoms with Crippen LogP contribution in [0.1, 0.15) is 90.3 Å². The highest BCUT2D eigenvalue weighted by Gasteiger charge is 2.38. The molecule has 10 nitrogen and oxygen atoms in total. The molecule has 1 N–H and O–H groups in total. The third-order valence-electron chi connectivity index (χ3n) is 9.31. The van der Waals surface area contributed by atoms with Crippen molar-refractivity contribution in [2.75, 3.05) is 37.0 Å².